The predicted molar refractivity (Wildman–Crippen MR) is 82.3 cm³/mol. The highest BCUT2D eigenvalue weighted by Crippen LogP contribution is 2.40. The van der Waals surface area contributed by atoms with Gasteiger partial charge < -0.3 is 9.73 Å². The van der Waals surface area contributed by atoms with Crippen LogP contribution in [0.15, 0.2) is 16.5 Å². The molecule has 1 aromatic heterocycles. The first-order valence-electron chi connectivity index (χ1n) is 6.46. The second-order valence-corrected chi connectivity index (χ2v) is 6.53. The van der Waals surface area contributed by atoms with Crippen LogP contribution in [-0.4, -0.2) is 6.54 Å². The molecule has 2 rings (SSSR count). The zero-order valence-corrected chi connectivity index (χ0v) is 13.2. The van der Waals surface area contributed by atoms with Crippen molar-refractivity contribution in [1.29, 1.82) is 0 Å². The van der Waals surface area contributed by atoms with Crippen LogP contribution in [0.25, 0.3) is 11.0 Å². The molecular formula is C15H19Cl2NO. The highest BCUT2D eigenvalue weighted by molar-refractivity contribution is 6.38. The number of nitrogens with one attached hydrogen (secondary N) is 1. The fourth-order valence-corrected chi connectivity index (χ4v) is 2.92. The van der Waals surface area contributed by atoms with Crippen LogP contribution < -0.4 is 5.32 Å². The Morgan fingerprint density at radius 3 is 2.47 bits per heavy atom. The number of halogens is 2. The van der Waals surface area contributed by atoms with Gasteiger partial charge in [-0.3, -0.25) is 0 Å². The highest BCUT2D eigenvalue weighted by Gasteiger charge is 2.26. The van der Waals surface area contributed by atoms with Gasteiger partial charge in [-0.2, -0.15) is 0 Å². The largest absolute Gasteiger partial charge is 0.459 e. The lowest BCUT2D eigenvalue weighted by Gasteiger charge is -2.19. The summed E-state index contributed by atoms with van der Waals surface area (Å²) in [5, 5.41) is 5.53. The summed E-state index contributed by atoms with van der Waals surface area (Å²) in [5.41, 5.74) is 1.88. The van der Waals surface area contributed by atoms with Gasteiger partial charge in [0.1, 0.15) is 11.3 Å². The van der Waals surface area contributed by atoms with E-state index in [0.29, 0.717) is 16.6 Å². The second-order valence-electron chi connectivity index (χ2n) is 5.69. The monoisotopic (exact) mass is 299 g/mol. The van der Waals surface area contributed by atoms with Crippen molar-refractivity contribution in [3.8, 4) is 0 Å². The van der Waals surface area contributed by atoms with E-state index >= 15 is 0 Å². The molecule has 19 heavy (non-hydrogen) atoms. The summed E-state index contributed by atoms with van der Waals surface area (Å²) in [5.74, 6) is 0.938. The summed E-state index contributed by atoms with van der Waals surface area (Å²) >= 11 is 12.4. The van der Waals surface area contributed by atoms with Crippen molar-refractivity contribution >= 4 is 34.2 Å². The Morgan fingerprint density at radius 2 is 1.89 bits per heavy atom. The van der Waals surface area contributed by atoms with Crippen LogP contribution in [-0.2, 0) is 12.0 Å². The molecule has 0 saturated heterocycles. The van der Waals surface area contributed by atoms with Gasteiger partial charge in [0.2, 0.25) is 0 Å². The van der Waals surface area contributed by atoms with Crippen LogP contribution >= 0.6 is 23.2 Å². The fraction of sp³-hybridized carbons (Fsp3) is 0.467. The molecule has 0 amide bonds. The quantitative estimate of drug-likeness (QED) is 0.848. The highest BCUT2D eigenvalue weighted by atomic mass is 35.5. The third-order valence-corrected chi connectivity index (χ3v) is 3.58. The number of fused-ring (bicyclic) bond motifs is 1. The number of benzene rings is 1. The van der Waals surface area contributed by atoms with Gasteiger partial charge in [-0.1, -0.05) is 50.9 Å². The third-order valence-electron chi connectivity index (χ3n) is 3.07. The standard InChI is InChI=1S/C15H19Cl2NO/c1-5-18-8-12-14(15(2,3)4)13-10(17)6-9(16)7-11(13)19-12/h6-7,18H,5,8H2,1-4H3. The molecule has 0 atom stereocenters. The van der Waals surface area contributed by atoms with E-state index in [0.717, 1.165) is 28.8 Å². The molecule has 2 aromatic rings. The van der Waals surface area contributed by atoms with Crippen LogP contribution in [0.3, 0.4) is 0 Å². The zero-order valence-electron chi connectivity index (χ0n) is 11.7. The van der Waals surface area contributed by atoms with Crippen molar-refractivity contribution < 1.29 is 4.42 Å². The van der Waals surface area contributed by atoms with Crippen LogP contribution in [0, 0.1) is 0 Å². The van der Waals surface area contributed by atoms with E-state index in [4.69, 9.17) is 27.6 Å². The van der Waals surface area contributed by atoms with E-state index in [-0.39, 0.29) is 5.41 Å². The van der Waals surface area contributed by atoms with Crippen molar-refractivity contribution in [2.75, 3.05) is 6.54 Å². The minimum Gasteiger partial charge on any atom is -0.459 e. The van der Waals surface area contributed by atoms with E-state index in [1.165, 1.54) is 0 Å². The molecule has 0 unspecified atom stereocenters. The SMILES string of the molecule is CCNCc1oc2cc(Cl)cc(Cl)c2c1C(C)(C)C. The summed E-state index contributed by atoms with van der Waals surface area (Å²) < 4.78 is 5.96. The molecule has 0 fully saturated rings. The van der Waals surface area contributed by atoms with E-state index in [2.05, 4.69) is 33.0 Å². The van der Waals surface area contributed by atoms with Gasteiger partial charge in [0.25, 0.3) is 0 Å². The summed E-state index contributed by atoms with van der Waals surface area (Å²) in [4.78, 5) is 0. The van der Waals surface area contributed by atoms with E-state index in [1.807, 2.05) is 6.07 Å². The lowest BCUT2D eigenvalue weighted by Crippen LogP contribution is -2.18. The second kappa shape index (κ2) is 5.35. The first-order valence-corrected chi connectivity index (χ1v) is 7.21. The fourth-order valence-electron chi connectivity index (χ4n) is 2.35. The Balaban J connectivity index is 2.71. The molecule has 0 saturated carbocycles. The third kappa shape index (κ3) is 2.91. The molecule has 0 radical (unpaired) electrons. The van der Waals surface area contributed by atoms with E-state index in [1.54, 1.807) is 6.07 Å². The summed E-state index contributed by atoms with van der Waals surface area (Å²) in [7, 11) is 0. The van der Waals surface area contributed by atoms with Crippen molar-refractivity contribution in [3.05, 3.63) is 33.5 Å². The van der Waals surface area contributed by atoms with Crippen molar-refractivity contribution in [3.63, 3.8) is 0 Å². The van der Waals surface area contributed by atoms with Crippen molar-refractivity contribution in [2.45, 2.75) is 39.7 Å². The number of furan rings is 1. The van der Waals surface area contributed by atoms with Gasteiger partial charge in [0.05, 0.1) is 11.6 Å². The number of rotatable bonds is 3. The normalized spacial score (nSPS) is 12.3. The predicted octanol–water partition coefficient (Wildman–Crippen LogP) is 5.15. The van der Waals surface area contributed by atoms with Crippen molar-refractivity contribution in [1.82, 2.24) is 5.32 Å². The van der Waals surface area contributed by atoms with Gasteiger partial charge in [-0.15, -0.1) is 0 Å². The van der Waals surface area contributed by atoms with Gasteiger partial charge in [0.15, 0.2) is 0 Å². The first-order chi connectivity index (χ1) is 8.84. The van der Waals surface area contributed by atoms with Gasteiger partial charge in [-0.05, 0) is 18.0 Å². The Kier molecular flexibility index (Phi) is 4.14. The summed E-state index contributed by atoms with van der Waals surface area (Å²) in [6, 6.07) is 3.60. The average Bonchev–Trinajstić information content (AvgIpc) is 2.64. The molecule has 1 aromatic carbocycles. The molecule has 104 valence electrons. The average molecular weight is 300 g/mol. The number of hydrogen-bond acceptors (Lipinski definition) is 2. The van der Waals surface area contributed by atoms with Crippen LogP contribution in [0.4, 0.5) is 0 Å². The Bertz CT molecular complexity index is 596. The van der Waals surface area contributed by atoms with E-state index in [9.17, 15) is 0 Å². The molecule has 0 spiro atoms. The summed E-state index contributed by atoms with van der Waals surface area (Å²) in [6.45, 7) is 10.2. The maximum absolute atomic E-state index is 6.36. The molecule has 2 nitrogen and oxygen atoms in total. The molecule has 0 aliphatic heterocycles. The minimum atomic E-state index is -0.0343. The zero-order chi connectivity index (χ0) is 14.2. The van der Waals surface area contributed by atoms with Crippen LogP contribution in [0.5, 0.6) is 0 Å². The van der Waals surface area contributed by atoms with Gasteiger partial charge in [0, 0.05) is 22.0 Å². The lowest BCUT2D eigenvalue weighted by atomic mass is 9.84. The minimum absolute atomic E-state index is 0.0343. The van der Waals surface area contributed by atoms with Gasteiger partial charge >= 0.3 is 0 Å². The van der Waals surface area contributed by atoms with Crippen molar-refractivity contribution in [2.24, 2.45) is 0 Å². The maximum Gasteiger partial charge on any atom is 0.137 e. The topological polar surface area (TPSA) is 25.2 Å². The summed E-state index contributed by atoms with van der Waals surface area (Å²) in [6.07, 6.45) is 0. The Labute approximate surface area is 124 Å². The Morgan fingerprint density at radius 1 is 1.21 bits per heavy atom. The van der Waals surface area contributed by atoms with Gasteiger partial charge in [-0.25, -0.2) is 0 Å². The number of hydrogen-bond donors (Lipinski definition) is 1. The molecule has 0 aliphatic carbocycles. The van der Waals surface area contributed by atoms with Crippen LogP contribution in [0.2, 0.25) is 10.0 Å². The molecule has 1 heterocycles. The molecular weight excluding hydrogens is 281 g/mol. The molecule has 0 aliphatic rings. The molecule has 1 N–H and O–H groups in total. The smallest absolute Gasteiger partial charge is 0.137 e. The Hall–Kier alpha value is -0.700. The maximum atomic E-state index is 6.36. The lowest BCUT2D eigenvalue weighted by molar-refractivity contribution is 0.487. The molecule has 0 bridgehead atoms. The molecule has 4 heteroatoms. The first kappa shape index (κ1) is 14.7. The van der Waals surface area contributed by atoms with E-state index < -0.39 is 0 Å². The van der Waals surface area contributed by atoms with Crippen LogP contribution in [0.1, 0.15) is 39.0 Å².